The van der Waals surface area contributed by atoms with E-state index in [9.17, 15) is 0 Å². The van der Waals surface area contributed by atoms with E-state index in [1.807, 2.05) is 11.1 Å². The summed E-state index contributed by atoms with van der Waals surface area (Å²) in [5.41, 5.74) is 13.9. The van der Waals surface area contributed by atoms with Crippen LogP contribution in [-0.2, 0) is 20.1 Å². The molecule has 1 saturated heterocycles. The monoisotopic (exact) mass is 700 g/mol. The number of rotatable bonds is 6. The molecule has 0 spiro atoms. The Labute approximate surface area is 238 Å². The third-order valence-corrected chi connectivity index (χ3v) is 40.5. The van der Waals surface area contributed by atoms with Crippen LogP contribution in [0.4, 0.5) is 0 Å². The molecule has 0 nitrogen and oxygen atoms in total. The predicted octanol–water partition coefficient (Wildman–Crippen LogP) is 3.25. The molecular weight excluding hydrogens is 662 g/mol. The Morgan fingerprint density at radius 1 is 0.667 bits per heavy atom. The summed E-state index contributed by atoms with van der Waals surface area (Å²) in [5.74, 6) is 1.72. The minimum absolute atomic E-state index is 0. The minimum Gasteiger partial charge on any atom is -1.00 e. The SMILES string of the molecule is CCC1=Cc2c(C3CC3)cccc2[CH]1[Hf+2]([CH]1C(CC)=Cc2c(C3CC3)cccc21)=[Si]1CCCC1.[Cl-].[Cl-]. The van der Waals surface area contributed by atoms with Gasteiger partial charge >= 0.3 is 215 Å². The maximum absolute atomic E-state index is 2.72. The summed E-state index contributed by atoms with van der Waals surface area (Å²) < 4.78 is 1.73. The molecule has 4 heteroatoms. The van der Waals surface area contributed by atoms with Crippen LogP contribution in [0.5, 0.6) is 0 Å². The molecule has 5 aliphatic rings. The van der Waals surface area contributed by atoms with Crippen molar-refractivity contribution in [3.63, 3.8) is 0 Å². The van der Waals surface area contributed by atoms with Crippen molar-refractivity contribution in [2.24, 2.45) is 0 Å². The molecule has 0 bridgehead atoms. The molecule has 188 valence electrons. The van der Waals surface area contributed by atoms with E-state index in [4.69, 9.17) is 0 Å². The number of halogens is 2. The van der Waals surface area contributed by atoms with Gasteiger partial charge in [-0.1, -0.05) is 0 Å². The molecule has 2 unspecified atom stereocenters. The number of allylic oxidation sites excluding steroid dienone is 2. The average Bonchev–Trinajstić information content (AvgIpc) is 3.77. The van der Waals surface area contributed by atoms with E-state index < -0.39 is 20.1 Å². The van der Waals surface area contributed by atoms with Crippen LogP contribution >= 0.6 is 0 Å². The van der Waals surface area contributed by atoms with Gasteiger partial charge in [0.2, 0.25) is 0 Å². The van der Waals surface area contributed by atoms with Crippen LogP contribution in [0.25, 0.3) is 12.2 Å². The van der Waals surface area contributed by atoms with Gasteiger partial charge in [0.25, 0.3) is 0 Å². The fourth-order valence-electron chi connectivity index (χ4n) is 7.49. The number of hydrogen-bond donors (Lipinski definition) is 0. The fraction of sp³-hybridized carbons (Fsp3) is 0.500. The maximum Gasteiger partial charge on any atom is -1.00 e. The Bertz CT molecular complexity index is 1170. The minimum atomic E-state index is -2.14. The standard InChI is InChI=1S/2C14H15.C4H8Si.2ClH.Hf/c2*1-2-10-8-12-4-3-5-13(11-6-7-11)14(12)9-10;1-2-4-5-3-1;;;/h2*3-5,8-9,11H,2,6-7H2,1H3;1-4H2;2*1H;/q;;;;;+2/p-2. The van der Waals surface area contributed by atoms with Gasteiger partial charge in [0.15, 0.2) is 0 Å². The van der Waals surface area contributed by atoms with E-state index in [2.05, 4.69) is 62.4 Å². The van der Waals surface area contributed by atoms with Gasteiger partial charge in [0.05, 0.1) is 0 Å². The van der Waals surface area contributed by atoms with Gasteiger partial charge in [0, 0.05) is 0 Å². The van der Waals surface area contributed by atoms with Gasteiger partial charge < -0.3 is 24.8 Å². The zero-order chi connectivity index (χ0) is 22.8. The predicted molar refractivity (Wildman–Crippen MR) is 143 cm³/mol. The van der Waals surface area contributed by atoms with Gasteiger partial charge in [-0.05, 0) is 0 Å². The molecule has 2 saturated carbocycles. The second-order valence-electron chi connectivity index (χ2n) is 11.5. The number of benzene rings is 2. The third-order valence-electron chi connectivity index (χ3n) is 9.46. The quantitative estimate of drug-likeness (QED) is 0.407. The smallest absolute Gasteiger partial charge is 1.00 e. The Kier molecular flexibility index (Phi) is 8.29. The molecule has 0 N–H and O–H groups in total. The first-order valence-corrected chi connectivity index (χ1v) is 25.6. The Balaban J connectivity index is 0.00000133. The molecule has 2 aromatic rings. The van der Waals surface area contributed by atoms with Gasteiger partial charge in [-0.2, -0.15) is 0 Å². The Morgan fingerprint density at radius 3 is 1.47 bits per heavy atom. The molecule has 7 rings (SSSR count). The van der Waals surface area contributed by atoms with Crippen molar-refractivity contribution in [3.8, 4) is 0 Å². The zero-order valence-corrected chi connectivity index (χ0v) is 27.9. The van der Waals surface area contributed by atoms with Crippen molar-refractivity contribution >= 4 is 17.6 Å². The molecular formula is C32H38Cl2HfSi. The van der Waals surface area contributed by atoms with Crippen molar-refractivity contribution in [2.45, 2.75) is 96.5 Å². The van der Waals surface area contributed by atoms with Crippen LogP contribution in [0.3, 0.4) is 0 Å². The molecule has 4 aliphatic carbocycles. The second kappa shape index (κ2) is 11.0. The van der Waals surface area contributed by atoms with Crippen molar-refractivity contribution in [1.82, 2.24) is 0 Å². The van der Waals surface area contributed by atoms with Crippen molar-refractivity contribution < 1.29 is 44.9 Å². The van der Waals surface area contributed by atoms with Crippen LogP contribution in [-0.4, -0.2) is 5.49 Å². The van der Waals surface area contributed by atoms with Gasteiger partial charge in [-0.15, -0.1) is 0 Å². The summed E-state index contributed by atoms with van der Waals surface area (Å²) >= 11 is -2.14. The molecule has 1 aliphatic heterocycles. The maximum atomic E-state index is 2.72. The molecule has 36 heavy (non-hydrogen) atoms. The molecule has 0 radical (unpaired) electrons. The first-order valence-electron chi connectivity index (χ1n) is 14.2. The first kappa shape index (κ1) is 27.2. The van der Waals surface area contributed by atoms with Gasteiger partial charge in [0.1, 0.15) is 0 Å². The summed E-state index contributed by atoms with van der Waals surface area (Å²) in [4.78, 5) is 0. The topological polar surface area (TPSA) is 0 Å². The molecule has 2 aromatic carbocycles. The summed E-state index contributed by atoms with van der Waals surface area (Å²) in [6.07, 6.45) is 16.7. The largest absolute Gasteiger partial charge is 1.00 e. The molecule has 0 aromatic heterocycles. The van der Waals surface area contributed by atoms with E-state index in [-0.39, 0.29) is 30.3 Å². The zero-order valence-electron chi connectivity index (χ0n) is 21.8. The van der Waals surface area contributed by atoms with Crippen LogP contribution in [0, 0.1) is 0 Å². The molecule has 0 amide bonds. The molecule has 3 fully saturated rings. The van der Waals surface area contributed by atoms with Gasteiger partial charge in [-0.25, -0.2) is 0 Å². The fourth-order valence-corrected chi connectivity index (χ4v) is 45.3. The molecule has 2 atom stereocenters. The van der Waals surface area contributed by atoms with Crippen LogP contribution < -0.4 is 24.8 Å². The van der Waals surface area contributed by atoms with E-state index >= 15 is 0 Å². The summed E-state index contributed by atoms with van der Waals surface area (Å²) in [6.45, 7) is 4.92. The summed E-state index contributed by atoms with van der Waals surface area (Å²) in [6, 6.07) is 18.2. The Morgan fingerprint density at radius 2 is 1.08 bits per heavy atom. The van der Waals surface area contributed by atoms with Crippen molar-refractivity contribution in [1.29, 1.82) is 0 Å². The van der Waals surface area contributed by atoms with E-state index in [0.29, 0.717) is 0 Å². The number of fused-ring (bicyclic) bond motifs is 2. The van der Waals surface area contributed by atoms with Crippen molar-refractivity contribution in [3.05, 3.63) is 80.9 Å². The van der Waals surface area contributed by atoms with E-state index in [1.54, 1.807) is 45.5 Å². The first-order chi connectivity index (χ1) is 16.8. The number of hydrogen-bond acceptors (Lipinski definition) is 0. The van der Waals surface area contributed by atoms with Crippen LogP contribution in [0.15, 0.2) is 47.5 Å². The van der Waals surface area contributed by atoms with Gasteiger partial charge in [-0.3, -0.25) is 0 Å². The Hall–Kier alpha value is -0.413. The summed E-state index contributed by atoms with van der Waals surface area (Å²) in [7, 11) is 0. The van der Waals surface area contributed by atoms with Crippen molar-refractivity contribution in [2.75, 3.05) is 0 Å². The molecule has 1 heterocycles. The van der Waals surface area contributed by atoms with E-state index in [0.717, 1.165) is 19.2 Å². The normalized spacial score (nSPS) is 23.6. The summed E-state index contributed by atoms with van der Waals surface area (Å²) in [5, 5.41) is 0. The third kappa shape index (κ3) is 4.54. The average molecular weight is 700 g/mol. The van der Waals surface area contributed by atoms with Crippen LogP contribution in [0.1, 0.15) is 118 Å². The van der Waals surface area contributed by atoms with Crippen LogP contribution in [0.2, 0.25) is 12.1 Å². The second-order valence-corrected chi connectivity index (χ2v) is 33.5. The van der Waals surface area contributed by atoms with E-state index in [1.165, 1.54) is 51.4 Å².